The summed E-state index contributed by atoms with van der Waals surface area (Å²) in [6, 6.07) is 12.0. The third-order valence-corrected chi connectivity index (χ3v) is 4.82. The minimum absolute atomic E-state index is 0.100. The summed E-state index contributed by atoms with van der Waals surface area (Å²) in [6.07, 6.45) is 0.412. The van der Waals surface area contributed by atoms with Gasteiger partial charge < -0.3 is 10.2 Å². The van der Waals surface area contributed by atoms with Gasteiger partial charge in [0, 0.05) is 31.1 Å². The van der Waals surface area contributed by atoms with Crippen molar-refractivity contribution >= 4 is 35.0 Å². The molecule has 0 aliphatic carbocycles. The van der Waals surface area contributed by atoms with E-state index in [0.717, 1.165) is 21.7 Å². The van der Waals surface area contributed by atoms with E-state index in [1.54, 1.807) is 31.3 Å². The molecular formula is C22H23N3O4. The van der Waals surface area contributed by atoms with Gasteiger partial charge in [0.1, 0.15) is 0 Å². The van der Waals surface area contributed by atoms with Gasteiger partial charge in [0.15, 0.2) is 0 Å². The number of anilines is 2. The van der Waals surface area contributed by atoms with Gasteiger partial charge in [0.25, 0.3) is 5.91 Å². The largest absolute Gasteiger partial charge is 0.332 e. The molecule has 150 valence electrons. The van der Waals surface area contributed by atoms with Gasteiger partial charge in [-0.15, -0.1) is 0 Å². The van der Waals surface area contributed by atoms with Crippen molar-refractivity contribution in [2.45, 2.75) is 26.7 Å². The lowest BCUT2D eigenvalue weighted by Gasteiger charge is -2.18. The molecule has 0 atom stereocenters. The first-order valence-electron chi connectivity index (χ1n) is 9.34. The highest BCUT2D eigenvalue weighted by atomic mass is 16.2. The lowest BCUT2D eigenvalue weighted by atomic mass is 10.1. The zero-order chi connectivity index (χ0) is 21.1. The maximum atomic E-state index is 12.6. The number of carbonyl (C=O) groups excluding carboxylic acids is 4. The van der Waals surface area contributed by atoms with E-state index in [0.29, 0.717) is 11.3 Å². The predicted octanol–water partition coefficient (Wildman–Crippen LogP) is 2.67. The van der Waals surface area contributed by atoms with Crippen molar-refractivity contribution in [2.75, 3.05) is 23.8 Å². The van der Waals surface area contributed by atoms with Crippen molar-refractivity contribution in [1.29, 1.82) is 0 Å². The maximum Gasteiger partial charge on any atom is 0.254 e. The molecule has 0 unspecified atom stereocenters. The summed E-state index contributed by atoms with van der Waals surface area (Å²) < 4.78 is 0. The molecule has 7 heteroatoms. The second-order valence-electron chi connectivity index (χ2n) is 7.20. The topological polar surface area (TPSA) is 86.8 Å². The molecule has 0 radical (unpaired) electrons. The van der Waals surface area contributed by atoms with Gasteiger partial charge in [-0.05, 0) is 55.3 Å². The minimum atomic E-state index is -0.327. The molecule has 0 bridgehead atoms. The second-order valence-corrected chi connectivity index (χ2v) is 7.20. The Morgan fingerprint density at radius 2 is 1.62 bits per heavy atom. The Balaban J connectivity index is 1.63. The summed E-state index contributed by atoms with van der Waals surface area (Å²) in [7, 11) is 1.55. The Morgan fingerprint density at radius 1 is 1.00 bits per heavy atom. The van der Waals surface area contributed by atoms with Gasteiger partial charge in [-0.3, -0.25) is 24.1 Å². The quantitative estimate of drug-likeness (QED) is 0.792. The standard InChI is InChI=1S/C22H23N3O4/c1-14-4-5-15(2)18(12-14)23-19(26)13-24(3)22(29)16-6-8-17(9-7-16)25-20(27)10-11-21(25)28/h4-9,12H,10-11,13H2,1-3H3,(H,23,26). The van der Waals surface area contributed by atoms with Crippen molar-refractivity contribution in [1.82, 2.24) is 4.90 Å². The van der Waals surface area contributed by atoms with Crippen LogP contribution in [0.5, 0.6) is 0 Å². The van der Waals surface area contributed by atoms with Crippen LogP contribution in [0.25, 0.3) is 0 Å². The van der Waals surface area contributed by atoms with Crippen LogP contribution < -0.4 is 10.2 Å². The van der Waals surface area contributed by atoms with E-state index in [2.05, 4.69) is 5.32 Å². The number of aryl methyl sites for hydroxylation is 2. The highest BCUT2D eigenvalue weighted by molar-refractivity contribution is 6.19. The maximum absolute atomic E-state index is 12.6. The van der Waals surface area contributed by atoms with E-state index in [9.17, 15) is 19.2 Å². The van der Waals surface area contributed by atoms with Crippen LogP contribution in [0.4, 0.5) is 11.4 Å². The van der Waals surface area contributed by atoms with E-state index < -0.39 is 0 Å². The first-order valence-corrected chi connectivity index (χ1v) is 9.34. The lowest BCUT2D eigenvalue weighted by Crippen LogP contribution is -2.35. The number of hydrogen-bond donors (Lipinski definition) is 1. The molecule has 1 saturated heterocycles. The van der Waals surface area contributed by atoms with E-state index >= 15 is 0 Å². The molecule has 0 spiro atoms. The van der Waals surface area contributed by atoms with Gasteiger partial charge in [0.2, 0.25) is 17.7 Å². The van der Waals surface area contributed by atoms with E-state index in [1.807, 2.05) is 32.0 Å². The Labute approximate surface area is 169 Å². The predicted molar refractivity (Wildman–Crippen MR) is 110 cm³/mol. The first-order chi connectivity index (χ1) is 13.8. The Hall–Kier alpha value is -3.48. The minimum Gasteiger partial charge on any atom is -0.332 e. The Kier molecular flexibility index (Phi) is 5.77. The van der Waals surface area contributed by atoms with Crippen molar-refractivity contribution in [2.24, 2.45) is 0 Å². The van der Waals surface area contributed by atoms with Gasteiger partial charge in [0.05, 0.1) is 12.2 Å². The molecule has 1 aliphatic rings. The van der Waals surface area contributed by atoms with Crippen LogP contribution in [0.1, 0.15) is 34.3 Å². The molecule has 3 rings (SSSR count). The Bertz CT molecular complexity index is 966. The van der Waals surface area contributed by atoms with Crippen molar-refractivity contribution in [3.63, 3.8) is 0 Å². The molecule has 1 aliphatic heterocycles. The zero-order valence-electron chi connectivity index (χ0n) is 16.7. The lowest BCUT2D eigenvalue weighted by molar-refractivity contribution is -0.121. The fourth-order valence-electron chi connectivity index (χ4n) is 3.19. The van der Waals surface area contributed by atoms with Crippen molar-refractivity contribution in [3.8, 4) is 0 Å². The van der Waals surface area contributed by atoms with Crippen LogP contribution in [0.3, 0.4) is 0 Å². The second kappa shape index (κ2) is 8.26. The third kappa shape index (κ3) is 4.51. The van der Waals surface area contributed by atoms with Crippen molar-refractivity contribution < 1.29 is 19.2 Å². The van der Waals surface area contributed by atoms with E-state index in [-0.39, 0.29) is 43.0 Å². The average molecular weight is 393 g/mol. The third-order valence-electron chi connectivity index (χ3n) is 4.82. The monoisotopic (exact) mass is 393 g/mol. The van der Waals surface area contributed by atoms with Crippen LogP contribution in [0.15, 0.2) is 42.5 Å². The summed E-state index contributed by atoms with van der Waals surface area (Å²) in [4.78, 5) is 51.0. The van der Waals surface area contributed by atoms with Gasteiger partial charge in [-0.25, -0.2) is 0 Å². The van der Waals surface area contributed by atoms with Gasteiger partial charge >= 0.3 is 0 Å². The average Bonchev–Trinajstić information content (AvgIpc) is 3.02. The number of likely N-dealkylation sites (N-methyl/N-ethyl adjacent to an activating group) is 1. The number of nitrogens with zero attached hydrogens (tertiary/aromatic N) is 2. The highest BCUT2D eigenvalue weighted by Crippen LogP contribution is 2.23. The van der Waals surface area contributed by atoms with Crippen molar-refractivity contribution in [3.05, 3.63) is 59.2 Å². The summed E-state index contributed by atoms with van der Waals surface area (Å²) in [6.45, 7) is 3.75. The van der Waals surface area contributed by atoms with Crippen LogP contribution in [0, 0.1) is 13.8 Å². The fourth-order valence-corrected chi connectivity index (χ4v) is 3.19. The summed E-state index contributed by atoms with van der Waals surface area (Å²) in [5.74, 6) is -1.10. The number of benzene rings is 2. The molecule has 2 aromatic carbocycles. The first kappa shape index (κ1) is 20.3. The van der Waals surface area contributed by atoms with E-state index in [1.165, 1.54) is 4.90 Å². The molecule has 29 heavy (non-hydrogen) atoms. The molecule has 7 nitrogen and oxygen atoms in total. The molecule has 0 saturated carbocycles. The van der Waals surface area contributed by atoms with Crippen LogP contribution in [-0.4, -0.2) is 42.1 Å². The molecular weight excluding hydrogens is 370 g/mol. The fraction of sp³-hybridized carbons (Fsp3) is 0.273. The smallest absolute Gasteiger partial charge is 0.254 e. The number of nitrogens with one attached hydrogen (secondary N) is 1. The van der Waals surface area contributed by atoms with Gasteiger partial charge in [-0.2, -0.15) is 0 Å². The number of hydrogen-bond acceptors (Lipinski definition) is 4. The Morgan fingerprint density at radius 3 is 2.24 bits per heavy atom. The molecule has 1 fully saturated rings. The molecule has 1 heterocycles. The SMILES string of the molecule is Cc1ccc(C)c(NC(=O)CN(C)C(=O)c2ccc(N3C(=O)CCC3=O)cc2)c1. The number of rotatable bonds is 5. The zero-order valence-corrected chi connectivity index (χ0v) is 16.7. The van der Waals surface area contributed by atoms with Crippen LogP contribution in [-0.2, 0) is 14.4 Å². The van der Waals surface area contributed by atoms with Crippen LogP contribution in [0.2, 0.25) is 0 Å². The number of imide groups is 1. The summed E-state index contributed by atoms with van der Waals surface area (Å²) in [5, 5.41) is 2.83. The number of carbonyl (C=O) groups is 4. The molecule has 1 N–H and O–H groups in total. The summed E-state index contributed by atoms with van der Waals surface area (Å²) in [5.41, 5.74) is 3.52. The van der Waals surface area contributed by atoms with E-state index in [4.69, 9.17) is 0 Å². The normalized spacial score (nSPS) is 13.6. The van der Waals surface area contributed by atoms with Gasteiger partial charge in [-0.1, -0.05) is 12.1 Å². The van der Waals surface area contributed by atoms with Crippen LogP contribution >= 0.6 is 0 Å². The number of amides is 4. The molecule has 0 aromatic heterocycles. The highest BCUT2D eigenvalue weighted by Gasteiger charge is 2.30. The summed E-state index contributed by atoms with van der Waals surface area (Å²) >= 11 is 0. The molecule has 2 aromatic rings. The molecule has 4 amide bonds.